The van der Waals surface area contributed by atoms with Gasteiger partial charge in [-0.2, -0.15) is 11.8 Å². The van der Waals surface area contributed by atoms with Crippen molar-refractivity contribution in [2.24, 2.45) is 0 Å². The lowest BCUT2D eigenvalue weighted by Crippen LogP contribution is -1.92. The molecule has 0 saturated heterocycles. The quantitative estimate of drug-likeness (QED) is 0.358. The minimum Gasteiger partial charge on any atom is -0.396 e. The Labute approximate surface area is 161 Å². The van der Waals surface area contributed by atoms with E-state index in [1.807, 2.05) is 11.8 Å². The van der Waals surface area contributed by atoms with Gasteiger partial charge < -0.3 is 5.11 Å². The second kappa shape index (κ2) is 13.6. The van der Waals surface area contributed by atoms with Gasteiger partial charge in [-0.25, -0.2) is 10.0 Å². The first kappa shape index (κ1) is 22.5. The molecule has 1 rings (SSSR count). The number of unbranched alkanes of at least 4 members (excludes halogenated alkanes) is 6. The molecule has 0 aliphatic carbocycles. The van der Waals surface area contributed by atoms with Gasteiger partial charge in [0.05, 0.1) is 0 Å². The summed E-state index contributed by atoms with van der Waals surface area (Å²) in [5, 5.41) is 8.71. The van der Waals surface area contributed by atoms with Crippen LogP contribution in [0.25, 0.3) is 0 Å². The Hall–Kier alpha value is -0.560. The topological polar surface area (TPSA) is 20.2 Å². The highest BCUT2D eigenvalue weighted by Crippen LogP contribution is 2.44. The van der Waals surface area contributed by atoms with E-state index in [1.54, 1.807) is 0 Å². The summed E-state index contributed by atoms with van der Waals surface area (Å²) in [5.41, 5.74) is 1.14. The van der Waals surface area contributed by atoms with Crippen LogP contribution in [-0.2, 0) is 0 Å². The van der Waals surface area contributed by atoms with Gasteiger partial charge in [0, 0.05) is 18.6 Å². The average molecular weight is 381 g/mol. The number of thioether (sulfide) groups is 1. The van der Waals surface area contributed by atoms with E-state index in [9.17, 15) is 0 Å². The predicted molar refractivity (Wildman–Crippen MR) is 118 cm³/mol. The van der Waals surface area contributed by atoms with E-state index in [-0.39, 0.29) is 0 Å². The monoisotopic (exact) mass is 380 g/mol. The lowest BCUT2D eigenvalue weighted by Gasteiger charge is -2.25. The molecule has 1 aromatic carbocycles. The highest BCUT2D eigenvalue weighted by atomic mass is 32.3. The van der Waals surface area contributed by atoms with Crippen LogP contribution in [0.3, 0.4) is 0 Å². The van der Waals surface area contributed by atoms with Gasteiger partial charge in [-0.15, -0.1) is 0 Å². The number of hydrogen-bond donors (Lipinski definition) is 1. The summed E-state index contributed by atoms with van der Waals surface area (Å²) in [6.45, 7) is 0.332. The highest BCUT2D eigenvalue weighted by molar-refractivity contribution is 8.32. The fourth-order valence-electron chi connectivity index (χ4n) is 2.50. The molecule has 0 saturated carbocycles. The third kappa shape index (κ3) is 11.6. The van der Waals surface area contributed by atoms with Crippen molar-refractivity contribution in [1.29, 1.82) is 0 Å². The molecule has 0 amide bonds. The third-order valence-corrected chi connectivity index (χ3v) is 6.92. The van der Waals surface area contributed by atoms with Crippen molar-refractivity contribution in [2.75, 3.05) is 36.9 Å². The summed E-state index contributed by atoms with van der Waals surface area (Å²) in [5.74, 6) is 8.98. The Bertz CT molecular complexity index is 506. The zero-order chi connectivity index (χ0) is 18.4. The highest BCUT2D eigenvalue weighted by Gasteiger charge is 2.06. The first-order valence-corrected chi connectivity index (χ1v) is 13.5. The molecule has 1 nitrogen and oxygen atoms in total. The summed E-state index contributed by atoms with van der Waals surface area (Å²) < 4.78 is 0. The Morgan fingerprint density at radius 1 is 0.840 bits per heavy atom. The fourth-order valence-corrected chi connectivity index (χ4v) is 4.40. The molecular formula is C22H36OS2. The van der Waals surface area contributed by atoms with E-state index in [0.717, 1.165) is 24.2 Å². The van der Waals surface area contributed by atoms with Crippen molar-refractivity contribution < 1.29 is 5.11 Å². The van der Waals surface area contributed by atoms with Crippen LogP contribution in [0.15, 0.2) is 29.2 Å². The molecule has 0 aliphatic heterocycles. The van der Waals surface area contributed by atoms with Gasteiger partial charge in [-0.05, 0) is 78.7 Å². The molecule has 0 bridgehead atoms. The molecule has 3 heteroatoms. The van der Waals surface area contributed by atoms with Crippen molar-refractivity contribution in [3.8, 4) is 11.8 Å². The Morgan fingerprint density at radius 2 is 1.44 bits per heavy atom. The minimum atomic E-state index is -0.628. The van der Waals surface area contributed by atoms with E-state index in [1.165, 1.54) is 49.2 Å². The molecule has 0 fully saturated rings. The van der Waals surface area contributed by atoms with Gasteiger partial charge in [0.2, 0.25) is 0 Å². The maximum Gasteiger partial charge on any atom is 0.0438 e. The number of benzene rings is 1. The second-order valence-electron chi connectivity index (χ2n) is 7.22. The number of aliphatic hydroxyl groups excluding tert-OH is 1. The third-order valence-electron chi connectivity index (χ3n) is 4.08. The lowest BCUT2D eigenvalue weighted by atomic mass is 10.1. The second-order valence-corrected chi connectivity index (χ2v) is 12.6. The molecule has 1 aromatic rings. The molecule has 0 atom stereocenters. The van der Waals surface area contributed by atoms with Gasteiger partial charge in [0.15, 0.2) is 0 Å². The number of hydrogen-bond acceptors (Lipinski definition) is 2. The van der Waals surface area contributed by atoms with E-state index in [2.05, 4.69) is 54.9 Å². The predicted octanol–water partition coefficient (Wildman–Crippen LogP) is 5.94. The molecule has 0 unspecified atom stereocenters. The maximum absolute atomic E-state index is 8.71. The largest absolute Gasteiger partial charge is 0.396 e. The summed E-state index contributed by atoms with van der Waals surface area (Å²) in [7, 11) is -0.628. The van der Waals surface area contributed by atoms with Crippen LogP contribution < -0.4 is 0 Å². The van der Waals surface area contributed by atoms with Crippen LogP contribution in [-0.4, -0.2) is 42.0 Å². The normalized spacial score (nSPS) is 11.8. The van der Waals surface area contributed by atoms with Gasteiger partial charge in [-0.1, -0.05) is 37.5 Å². The smallest absolute Gasteiger partial charge is 0.0438 e. The number of rotatable bonds is 12. The van der Waals surface area contributed by atoms with Crippen LogP contribution in [0.1, 0.15) is 56.9 Å². The zero-order valence-electron chi connectivity index (χ0n) is 16.4. The molecule has 0 aromatic heterocycles. The summed E-state index contributed by atoms with van der Waals surface area (Å²) in [6, 6.07) is 8.81. The standard InChI is InChI=1S/C22H36OS2/c1-25(2,3)22-16-14-21(15-17-22)13-10-8-6-4-5-7-9-11-19-24-20-12-18-23/h14-17,23H,4-9,11-12,18-20H2,1-3H3. The SMILES string of the molecule is CS(C)(C)c1ccc(C#CCCCCCCCCSCCCO)cc1. The van der Waals surface area contributed by atoms with Crippen molar-refractivity contribution in [3.63, 3.8) is 0 Å². The number of aliphatic hydroxyl groups is 1. The first-order valence-electron chi connectivity index (χ1n) is 9.50. The molecule has 0 aliphatic rings. The molecule has 142 valence electrons. The van der Waals surface area contributed by atoms with Crippen LogP contribution in [0, 0.1) is 11.8 Å². The zero-order valence-corrected chi connectivity index (χ0v) is 18.0. The molecule has 25 heavy (non-hydrogen) atoms. The van der Waals surface area contributed by atoms with E-state index >= 15 is 0 Å². The van der Waals surface area contributed by atoms with Crippen molar-refractivity contribution in [1.82, 2.24) is 0 Å². The molecular weight excluding hydrogens is 344 g/mol. The van der Waals surface area contributed by atoms with E-state index in [0.29, 0.717) is 6.61 Å². The molecule has 0 heterocycles. The Kier molecular flexibility index (Phi) is 12.2. The van der Waals surface area contributed by atoms with Crippen LogP contribution in [0.5, 0.6) is 0 Å². The van der Waals surface area contributed by atoms with Gasteiger partial charge in [-0.3, -0.25) is 0 Å². The first-order chi connectivity index (χ1) is 12.0. The van der Waals surface area contributed by atoms with Crippen LogP contribution in [0.2, 0.25) is 0 Å². The van der Waals surface area contributed by atoms with Crippen LogP contribution in [0.4, 0.5) is 0 Å². The average Bonchev–Trinajstić information content (AvgIpc) is 2.58. The maximum atomic E-state index is 8.71. The Balaban J connectivity index is 2.02. The minimum absolute atomic E-state index is 0.332. The van der Waals surface area contributed by atoms with E-state index in [4.69, 9.17) is 5.11 Å². The van der Waals surface area contributed by atoms with Crippen molar-refractivity contribution in [3.05, 3.63) is 29.8 Å². The lowest BCUT2D eigenvalue weighted by molar-refractivity contribution is 0.296. The summed E-state index contributed by atoms with van der Waals surface area (Å²) in [6.07, 6.45) is 16.8. The Morgan fingerprint density at radius 3 is 2.08 bits per heavy atom. The van der Waals surface area contributed by atoms with Gasteiger partial charge in [0.25, 0.3) is 0 Å². The van der Waals surface area contributed by atoms with Crippen molar-refractivity contribution >= 4 is 21.8 Å². The summed E-state index contributed by atoms with van der Waals surface area (Å²) >= 11 is 1.98. The van der Waals surface area contributed by atoms with Crippen molar-refractivity contribution in [2.45, 2.75) is 56.3 Å². The summed E-state index contributed by atoms with van der Waals surface area (Å²) in [4.78, 5) is 1.45. The molecule has 0 radical (unpaired) electrons. The van der Waals surface area contributed by atoms with Gasteiger partial charge >= 0.3 is 0 Å². The van der Waals surface area contributed by atoms with Gasteiger partial charge in [0.1, 0.15) is 0 Å². The molecule has 0 spiro atoms. The van der Waals surface area contributed by atoms with Crippen LogP contribution >= 0.6 is 21.8 Å². The fraction of sp³-hybridized carbons (Fsp3) is 0.636. The molecule has 1 N–H and O–H groups in total. The van der Waals surface area contributed by atoms with E-state index < -0.39 is 10.0 Å².